The molecule has 0 aromatic heterocycles. The van der Waals surface area contributed by atoms with Crippen molar-refractivity contribution in [2.45, 2.75) is 6.92 Å². The zero-order chi connectivity index (χ0) is 13.1. The normalized spacial score (nSPS) is 10.2. The van der Waals surface area contributed by atoms with E-state index in [1.165, 1.54) is 6.07 Å². The Labute approximate surface area is 106 Å². The van der Waals surface area contributed by atoms with Crippen molar-refractivity contribution in [2.75, 3.05) is 11.9 Å². The molecule has 0 unspecified atom stereocenters. The Kier molecular flexibility index (Phi) is 3.42. The lowest BCUT2D eigenvalue weighted by atomic mass is 10.1. The largest absolute Gasteiger partial charge is 0.342 e. The van der Waals surface area contributed by atoms with Gasteiger partial charge in [0.2, 0.25) is 0 Å². The fourth-order valence-electron chi connectivity index (χ4n) is 1.94. The predicted molar refractivity (Wildman–Crippen MR) is 71.0 cm³/mol. The van der Waals surface area contributed by atoms with Crippen molar-refractivity contribution >= 4 is 17.7 Å². The molecule has 0 aliphatic heterocycles. The number of halogens is 1. The molecule has 0 aliphatic rings. The summed E-state index contributed by atoms with van der Waals surface area (Å²) in [6.07, 6.45) is 0.640. The smallest absolute Gasteiger partial charge is 0.150 e. The van der Waals surface area contributed by atoms with Crippen LogP contribution in [0.1, 0.15) is 15.9 Å². The van der Waals surface area contributed by atoms with Gasteiger partial charge in [0.15, 0.2) is 0 Å². The molecule has 0 N–H and O–H groups in total. The van der Waals surface area contributed by atoms with Gasteiger partial charge in [0.05, 0.1) is 5.69 Å². The molecule has 0 amide bonds. The van der Waals surface area contributed by atoms with E-state index < -0.39 is 5.82 Å². The molecule has 0 atom stereocenters. The van der Waals surface area contributed by atoms with Gasteiger partial charge in [0.1, 0.15) is 12.1 Å². The Hall–Kier alpha value is -2.16. The van der Waals surface area contributed by atoms with E-state index in [2.05, 4.69) is 0 Å². The fourth-order valence-corrected chi connectivity index (χ4v) is 1.94. The third-order valence-corrected chi connectivity index (χ3v) is 2.95. The van der Waals surface area contributed by atoms with E-state index in [9.17, 15) is 9.18 Å². The summed E-state index contributed by atoms with van der Waals surface area (Å²) in [6, 6.07) is 12.2. The minimum atomic E-state index is -0.398. The highest BCUT2D eigenvalue weighted by atomic mass is 19.1. The maximum absolute atomic E-state index is 13.9. The Balaban J connectivity index is 2.43. The highest BCUT2D eigenvalue weighted by Gasteiger charge is 2.11. The molecule has 92 valence electrons. The van der Waals surface area contributed by atoms with Crippen LogP contribution in [0.25, 0.3) is 0 Å². The monoisotopic (exact) mass is 243 g/mol. The Morgan fingerprint density at radius 1 is 1.11 bits per heavy atom. The molecule has 0 fully saturated rings. The van der Waals surface area contributed by atoms with Gasteiger partial charge in [-0.05, 0) is 36.8 Å². The Morgan fingerprint density at radius 2 is 1.83 bits per heavy atom. The summed E-state index contributed by atoms with van der Waals surface area (Å²) >= 11 is 0. The standard InChI is InChI=1S/C15H14FNO/c1-11-5-3-4-6-14(11)17(2)15-8-7-12(10-18)9-13(15)16/h3-10H,1-2H3. The van der Waals surface area contributed by atoms with Crippen molar-refractivity contribution in [1.82, 2.24) is 0 Å². The molecule has 2 nitrogen and oxygen atoms in total. The van der Waals surface area contributed by atoms with E-state index in [0.29, 0.717) is 17.5 Å². The average Bonchev–Trinajstić information content (AvgIpc) is 2.38. The van der Waals surface area contributed by atoms with Gasteiger partial charge < -0.3 is 4.90 Å². The summed E-state index contributed by atoms with van der Waals surface area (Å²) in [5.74, 6) is -0.398. The molecule has 3 heteroatoms. The van der Waals surface area contributed by atoms with Crippen LogP contribution in [-0.2, 0) is 0 Å². The van der Waals surface area contributed by atoms with Gasteiger partial charge in [0.25, 0.3) is 0 Å². The minimum Gasteiger partial charge on any atom is -0.342 e. The second-order valence-corrected chi connectivity index (χ2v) is 4.17. The molecule has 0 spiro atoms. The summed E-state index contributed by atoms with van der Waals surface area (Å²) in [4.78, 5) is 12.4. The molecule has 0 aliphatic carbocycles. The van der Waals surface area contributed by atoms with Crippen LogP contribution in [-0.4, -0.2) is 13.3 Å². The number of hydrogen-bond donors (Lipinski definition) is 0. The van der Waals surface area contributed by atoms with Crippen molar-refractivity contribution < 1.29 is 9.18 Å². The summed E-state index contributed by atoms with van der Waals surface area (Å²) in [5, 5.41) is 0. The SMILES string of the molecule is Cc1ccccc1N(C)c1ccc(C=O)cc1F. The van der Waals surface area contributed by atoms with Crippen molar-refractivity contribution in [3.05, 3.63) is 59.4 Å². The van der Waals surface area contributed by atoms with E-state index in [4.69, 9.17) is 0 Å². The van der Waals surface area contributed by atoms with Crippen LogP contribution in [0, 0.1) is 12.7 Å². The van der Waals surface area contributed by atoms with Gasteiger partial charge in [-0.15, -0.1) is 0 Å². The van der Waals surface area contributed by atoms with Crippen LogP contribution in [0.4, 0.5) is 15.8 Å². The van der Waals surface area contributed by atoms with Gasteiger partial charge in [0, 0.05) is 18.3 Å². The number of rotatable bonds is 3. The number of nitrogens with zero attached hydrogens (tertiary/aromatic N) is 1. The van der Waals surface area contributed by atoms with E-state index in [0.717, 1.165) is 11.3 Å². The molecule has 0 saturated heterocycles. The summed E-state index contributed by atoms with van der Waals surface area (Å²) < 4.78 is 13.9. The number of para-hydroxylation sites is 1. The fraction of sp³-hybridized carbons (Fsp3) is 0.133. The second kappa shape index (κ2) is 5.00. The number of hydrogen-bond acceptors (Lipinski definition) is 2. The van der Waals surface area contributed by atoms with E-state index in [1.54, 1.807) is 24.1 Å². The Morgan fingerprint density at radius 3 is 2.44 bits per heavy atom. The topological polar surface area (TPSA) is 20.3 Å². The van der Waals surface area contributed by atoms with Crippen molar-refractivity contribution in [3.63, 3.8) is 0 Å². The van der Waals surface area contributed by atoms with E-state index in [1.807, 2.05) is 31.2 Å². The molecule has 0 heterocycles. The lowest BCUT2D eigenvalue weighted by Gasteiger charge is -2.22. The highest BCUT2D eigenvalue weighted by Crippen LogP contribution is 2.28. The third-order valence-electron chi connectivity index (χ3n) is 2.95. The van der Waals surface area contributed by atoms with Crippen molar-refractivity contribution in [3.8, 4) is 0 Å². The molecule has 0 saturated carbocycles. The van der Waals surface area contributed by atoms with Crippen LogP contribution in [0.3, 0.4) is 0 Å². The average molecular weight is 243 g/mol. The number of carbonyl (C=O) groups is 1. The van der Waals surface area contributed by atoms with Crippen LogP contribution in [0.2, 0.25) is 0 Å². The molecular formula is C15H14FNO. The first kappa shape index (κ1) is 12.3. The van der Waals surface area contributed by atoms with Gasteiger partial charge in [-0.2, -0.15) is 0 Å². The van der Waals surface area contributed by atoms with Crippen LogP contribution >= 0.6 is 0 Å². The summed E-state index contributed by atoms with van der Waals surface area (Å²) in [7, 11) is 1.81. The lowest BCUT2D eigenvalue weighted by Crippen LogP contribution is -2.12. The first-order valence-corrected chi connectivity index (χ1v) is 5.67. The maximum Gasteiger partial charge on any atom is 0.150 e. The van der Waals surface area contributed by atoms with Gasteiger partial charge >= 0.3 is 0 Å². The molecule has 0 radical (unpaired) electrons. The molecule has 2 aromatic rings. The third kappa shape index (κ3) is 2.25. The summed E-state index contributed by atoms with van der Waals surface area (Å²) in [5.41, 5.74) is 2.80. The Bertz CT molecular complexity index is 580. The molecule has 0 bridgehead atoms. The molecule has 18 heavy (non-hydrogen) atoms. The van der Waals surface area contributed by atoms with Gasteiger partial charge in [-0.1, -0.05) is 18.2 Å². The summed E-state index contributed by atoms with van der Waals surface area (Å²) in [6.45, 7) is 1.98. The first-order valence-electron chi connectivity index (χ1n) is 5.67. The number of carbonyl (C=O) groups excluding carboxylic acids is 1. The number of benzene rings is 2. The number of anilines is 2. The quantitative estimate of drug-likeness (QED) is 0.766. The van der Waals surface area contributed by atoms with Crippen LogP contribution in [0.15, 0.2) is 42.5 Å². The predicted octanol–water partition coefficient (Wildman–Crippen LogP) is 3.71. The van der Waals surface area contributed by atoms with Crippen LogP contribution in [0.5, 0.6) is 0 Å². The lowest BCUT2D eigenvalue weighted by molar-refractivity contribution is 0.112. The van der Waals surface area contributed by atoms with Gasteiger partial charge in [-0.3, -0.25) is 4.79 Å². The first-order chi connectivity index (χ1) is 8.63. The van der Waals surface area contributed by atoms with E-state index in [-0.39, 0.29) is 0 Å². The van der Waals surface area contributed by atoms with Crippen molar-refractivity contribution in [2.24, 2.45) is 0 Å². The zero-order valence-electron chi connectivity index (χ0n) is 10.4. The second-order valence-electron chi connectivity index (χ2n) is 4.17. The molecule has 2 rings (SSSR count). The molecular weight excluding hydrogens is 229 g/mol. The number of aldehydes is 1. The molecule has 2 aromatic carbocycles. The van der Waals surface area contributed by atoms with Crippen LogP contribution < -0.4 is 4.90 Å². The van der Waals surface area contributed by atoms with Gasteiger partial charge in [-0.25, -0.2) is 4.39 Å². The van der Waals surface area contributed by atoms with Crippen molar-refractivity contribution in [1.29, 1.82) is 0 Å². The zero-order valence-corrected chi connectivity index (χ0v) is 10.4. The maximum atomic E-state index is 13.9. The number of aryl methyl sites for hydroxylation is 1. The minimum absolute atomic E-state index is 0.342. The highest BCUT2D eigenvalue weighted by molar-refractivity contribution is 5.77. The van der Waals surface area contributed by atoms with E-state index >= 15 is 0 Å².